The molecule has 0 spiro atoms. The fraction of sp³-hybridized carbons (Fsp3) is 0.538. The van der Waals surface area contributed by atoms with Crippen LogP contribution in [0.5, 0.6) is 0 Å². The Balaban J connectivity index is 2.93. The molecule has 0 aliphatic rings. The highest BCUT2D eigenvalue weighted by atomic mass is 32.2. The van der Waals surface area contributed by atoms with E-state index in [1.807, 2.05) is 12.1 Å². The number of rotatable bonds is 3. The lowest BCUT2D eigenvalue weighted by molar-refractivity contribution is 0.411. The standard InChI is InChI=1S/C13H20O2S/c1-5-16(14,15)12-8-6-11(7-9-12)10-13(2,3)4/h6-9H,5,10H2,1-4H3. The molecule has 16 heavy (non-hydrogen) atoms. The van der Waals surface area contributed by atoms with Crippen LogP contribution in [0.4, 0.5) is 0 Å². The van der Waals surface area contributed by atoms with E-state index in [2.05, 4.69) is 20.8 Å². The lowest BCUT2D eigenvalue weighted by Gasteiger charge is -2.18. The predicted octanol–water partition coefficient (Wildman–Crippen LogP) is 3.07. The van der Waals surface area contributed by atoms with Crippen LogP contribution in [-0.2, 0) is 16.3 Å². The number of hydrogen-bond acceptors (Lipinski definition) is 2. The first kappa shape index (κ1) is 13.2. The lowest BCUT2D eigenvalue weighted by atomic mass is 9.88. The van der Waals surface area contributed by atoms with Crippen molar-refractivity contribution in [3.8, 4) is 0 Å². The van der Waals surface area contributed by atoms with E-state index in [-0.39, 0.29) is 11.2 Å². The molecular formula is C13H20O2S. The zero-order valence-electron chi connectivity index (χ0n) is 10.4. The fourth-order valence-corrected chi connectivity index (χ4v) is 2.48. The van der Waals surface area contributed by atoms with Gasteiger partial charge in [-0.2, -0.15) is 0 Å². The maximum Gasteiger partial charge on any atom is 0.178 e. The molecule has 0 saturated carbocycles. The van der Waals surface area contributed by atoms with Gasteiger partial charge in [0.1, 0.15) is 0 Å². The summed E-state index contributed by atoms with van der Waals surface area (Å²) in [4.78, 5) is 0.424. The van der Waals surface area contributed by atoms with Crippen molar-refractivity contribution in [1.29, 1.82) is 0 Å². The third-order valence-electron chi connectivity index (χ3n) is 2.40. The minimum Gasteiger partial charge on any atom is -0.224 e. The summed E-state index contributed by atoms with van der Waals surface area (Å²) in [6.45, 7) is 8.18. The highest BCUT2D eigenvalue weighted by Gasteiger charge is 2.13. The number of benzene rings is 1. The molecule has 2 nitrogen and oxygen atoms in total. The second-order valence-electron chi connectivity index (χ2n) is 5.28. The molecule has 1 aromatic rings. The van der Waals surface area contributed by atoms with Crippen LogP contribution >= 0.6 is 0 Å². The van der Waals surface area contributed by atoms with Crippen molar-refractivity contribution >= 4 is 9.84 Å². The van der Waals surface area contributed by atoms with Gasteiger partial charge in [0.05, 0.1) is 10.6 Å². The molecule has 3 heteroatoms. The third-order valence-corrected chi connectivity index (χ3v) is 4.15. The number of hydrogen-bond donors (Lipinski definition) is 0. The van der Waals surface area contributed by atoms with Crippen molar-refractivity contribution in [2.45, 2.75) is 39.0 Å². The Bertz CT molecular complexity index is 436. The van der Waals surface area contributed by atoms with Gasteiger partial charge in [0.15, 0.2) is 9.84 Å². The largest absolute Gasteiger partial charge is 0.224 e. The van der Waals surface area contributed by atoms with Gasteiger partial charge in [-0.1, -0.05) is 39.8 Å². The summed E-state index contributed by atoms with van der Waals surface area (Å²) in [5, 5.41) is 0. The fourth-order valence-electron chi connectivity index (χ4n) is 1.59. The smallest absolute Gasteiger partial charge is 0.178 e. The summed E-state index contributed by atoms with van der Waals surface area (Å²) < 4.78 is 23.2. The van der Waals surface area contributed by atoms with Gasteiger partial charge in [-0.15, -0.1) is 0 Å². The van der Waals surface area contributed by atoms with E-state index in [9.17, 15) is 8.42 Å². The van der Waals surface area contributed by atoms with Crippen molar-refractivity contribution in [2.24, 2.45) is 5.41 Å². The molecule has 0 amide bonds. The molecule has 0 fully saturated rings. The van der Waals surface area contributed by atoms with Gasteiger partial charge < -0.3 is 0 Å². The van der Waals surface area contributed by atoms with E-state index in [0.717, 1.165) is 6.42 Å². The monoisotopic (exact) mass is 240 g/mol. The van der Waals surface area contributed by atoms with Crippen molar-refractivity contribution in [1.82, 2.24) is 0 Å². The second-order valence-corrected chi connectivity index (χ2v) is 7.56. The first-order valence-corrected chi connectivity index (χ1v) is 7.21. The minimum atomic E-state index is -3.06. The summed E-state index contributed by atoms with van der Waals surface area (Å²) in [7, 11) is -3.06. The molecular weight excluding hydrogens is 220 g/mol. The molecule has 0 aliphatic heterocycles. The van der Waals surface area contributed by atoms with Crippen molar-refractivity contribution in [3.05, 3.63) is 29.8 Å². The minimum absolute atomic E-state index is 0.158. The highest BCUT2D eigenvalue weighted by Crippen LogP contribution is 2.21. The molecule has 0 saturated heterocycles. The van der Waals surface area contributed by atoms with Gasteiger partial charge in [-0.3, -0.25) is 0 Å². The zero-order valence-corrected chi connectivity index (χ0v) is 11.3. The first-order chi connectivity index (χ1) is 7.24. The predicted molar refractivity (Wildman–Crippen MR) is 67.3 cm³/mol. The summed E-state index contributed by atoms with van der Waals surface area (Å²) >= 11 is 0. The van der Waals surface area contributed by atoms with Gasteiger partial charge in [0.2, 0.25) is 0 Å². The van der Waals surface area contributed by atoms with Gasteiger partial charge in [0, 0.05) is 0 Å². The average Bonchev–Trinajstić information content (AvgIpc) is 2.16. The van der Waals surface area contributed by atoms with Crippen molar-refractivity contribution in [3.63, 3.8) is 0 Å². The molecule has 1 aromatic carbocycles. The Morgan fingerprint density at radius 2 is 1.56 bits per heavy atom. The van der Waals surface area contributed by atoms with Crippen LogP contribution in [0.1, 0.15) is 33.3 Å². The number of sulfone groups is 1. The molecule has 0 radical (unpaired) electrons. The lowest BCUT2D eigenvalue weighted by Crippen LogP contribution is -2.09. The summed E-state index contributed by atoms with van der Waals surface area (Å²) in [5.41, 5.74) is 1.41. The normalized spacial score (nSPS) is 12.8. The molecule has 90 valence electrons. The molecule has 0 aliphatic carbocycles. The van der Waals surface area contributed by atoms with Gasteiger partial charge in [-0.25, -0.2) is 8.42 Å². The van der Waals surface area contributed by atoms with E-state index in [1.54, 1.807) is 19.1 Å². The first-order valence-electron chi connectivity index (χ1n) is 5.56. The maximum absolute atomic E-state index is 11.6. The summed E-state index contributed by atoms with van der Waals surface area (Å²) in [6.07, 6.45) is 0.958. The van der Waals surface area contributed by atoms with Crippen molar-refractivity contribution < 1.29 is 8.42 Å². The molecule has 0 atom stereocenters. The topological polar surface area (TPSA) is 34.1 Å². The third kappa shape index (κ3) is 3.63. The molecule has 1 rings (SSSR count). The van der Waals surface area contributed by atoms with E-state index >= 15 is 0 Å². The van der Waals surface area contributed by atoms with E-state index in [0.29, 0.717) is 4.90 Å². The molecule has 0 aromatic heterocycles. The molecule has 0 N–H and O–H groups in total. The molecule has 0 heterocycles. The maximum atomic E-state index is 11.6. The van der Waals surface area contributed by atoms with E-state index in [1.165, 1.54) is 5.56 Å². The van der Waals surface area contributed by atoms with Gasteiger partial charge in [-0.05, 0) is 29.5 Å². The van der Waals surface area contributed by atoms with Gasteiger partial charge >= 0.3 is 0 Å². The van der Waals surface area contributed by atoms with E-state index in [4.69, 9.17) is 0 Å². The highest BCUT2D eigenvalue weighted by molar-refractivity contribution is 7.91. The van der Waals surface area contributed by atoms with Crippen molar-refractivity contribution in [2.75, 3.05) is 5.75 Å². The van der Waals surface area contributed by atoms with Crippen LogP contribution in [0, 0.1) is 5.41 Å². The Kier molecular flexibility index (Phi) is 3.79. The summed E-state index contributed by atoms with van der Waals surface area (Å²) in [6, 6.07) is 7.24. The Hall–Kier alpha value is -0.830. The van der Waals surface area contributed by atoms with Crippen LogP contribution in [0.3, 0.4) is 0 Å². The molecule has 0 unspecified atom stereocenters. The summed E-state index contributed by atoms with van der Waals surface area (Å²) in [5.74, 6) is 0.158. The average molecular weight is 240 g/mol. The second kappa shape index (κ2) is 4.58. The quantitative estimate of drug-likeness (QED) is 0.813. The SMILES string of the molecule is CCS(=O)(=O)c1ccc(CC(C)(C)C)cc1. The van der Waals surface area contributed by atoms with Crippen LogP contribution in [0.15, 0.2) is 29.2 Å². The van der Waals surface area contributed by atoms with Crippen LogP contribution in [0.2, 0.25) is 0 Å². The van der Waals surface area contributed by atoms with Crippen LogP contribution in [-0.4, -0.2) is 14.2 Å². The van der Waals surface area contributed by atoms with E-state index < -0.39 is 9.84 Å². The Morgan fingerprint density at radius 3 is 1.94 bits per heavy atom. The van der Waals surface area contributed by atoms with Crippen LogP contribution in [0.25, 0.3) is 0 Å². The Labute approximate surface area is 98.6 Å². The van der Waals surface area contributed by atoms with Gasteiger partial charge in [0.25, 0.3) is 0 Å². The Morgan fingerprint density at radius 1 is 1.06 bits per heavy atom. The zero-order chi connectivity index (χ0) is 12.4. The van der Waals surface area contributed by atoms with Crippen LogP contribution < -0.4 is 0 Å². The molecule has 0 bridgehead atoms.